The molecule has 120 valence electrons. The monoisotopic (exact) mass is 306 g/mol. The van der Waals surface area contributed by atoms with Crippen molar-refractivity contribution < 1.29 is 19.0 Å². The number of amides is 1. The van der Waals surface area contributed by atoms with Gasteiger partial charge in [0.05, 0.1) is 18.8 Å². The lowest BCUT2D eigenvalue weighted by Gasteiger charge is -2.37. The van der Waals surface area contributed by atoms with E-state index in [0.717, 1.165) is 24.5 Å². The van der Waals surface area contributed by atoms with Gasteiger partial charge < -0.3 is 19.5 Å². The number of morpholine rings is 1. The molecule has 1 amide bonds. The van der Waals surface area contributed by atoms with Crippen molar-refractivity contribution in [3.8, 4) is 11.5 Å². The highest BCUT2D eigenvalue weighted by Crippen LogP contribution is 2.32. The topological polar surface area (TPSA) is 60.0 Å². The van der Waals surface area contributed by atoms with Gasteiger partial charge in [-0.15, -0.1) is 0 Å². The molecule has 6 heteroatoms. The zero-order chi connectivity index (χ0) is 15.6. The molecule has 0 radical (unpaired) electrons. The number of ether oxygens (including phenoxy) is 3. The largest absolute Gasteiger partial charge is 0.486 e. The molecule has 2 aliphatic heterocycles. The Morgan fingerprint density at radius 1 is 1.23 bits per heavy atom. The summed E-state index contributed by atoms with van der Waals surface area (Å²) < 4.78 is 16.6. The minimum absolute atomic E-state index is 0.0330. The van der Waals surface area contributed by atoms with Crippen LogP contribution in [0.25, 0.3) is 0 Å². The molecule has 0 bridgehead atoms. The van der Waals surface area contributed by atoms with Gasteiger partial charge in [0, 0.05) is 24.8 Å². The van der Waals surface area contributed by atoms with Crippen molar-refractivity contribution in [1.82, 2.24) is 4.90 Å². The Balaban J connectivity index is 1.57. The Bertz CT molecular complexity index is 559. The quantitative estimate of drug-likeness (QED) is 0.917. The summed E-state index contributed by atoms with van der Waals surface area (Å²) in [5.74, 6) is 1.37. The summed E-state index contributed by atoms with van der Waals surface area (Å²) in [6.07, 6.45) is 0. The number of carbonyl (C=O) groups excluding carboxylic acids is 1. The fourth-order valence-electron chi connectivity index (χ4n) is 2.77. The van der Waals surface area contributed by atoms with Crippen LogP contribution in [0.5, 0.6) is 11.5 Å². The summed E-state index contributed by atoms with van der Waals surface area (Å²) in [6, 6.07) is 5.45. The summed E-state index contributed by atoms with van der Waals surface area (Å²) in [6.45, 7) is 7.72. The van der Waals surface area contributed by atoms with Gasteiger partial charge in [0.1, 0.15) is 13.2 Å². The van der Waals surface area contributed by atoms with Crippen molar-refractivity contribution in [3.63, 3.8) is 0 Å². The maximum atomic E-state index is 12.2. The van der Waals surface area contributed by atoms with Crippen molar-refractivity contribution in [2.24, 2.45) is 0 Å². The van der Waals surface area contributed by atoms with Gasteiger partial charge in [0.2, 0.25) is 5.91 Å². The number of benzene rings is 1. The lowest BCUT2D eigenvalue weighted by Crippen LogP contribution is -2.50. The van der Waals surface area contributed by atoms with Gasteiger partial charge >= 0.3 is 0 Å². The van der Waals surface area contributed by atoms with E-state index in [1.165, 1.54) is 0 Å². The molecule has 0 unspecified atom stereocenters. The van der Waals surface area contributed by atoms with Gasteiger partial charge in [-0.2, -0.15) is 0 Å². The van der Waals surface area contributed by atoms with Crippen molar-refractivity contribution in [3.05, 3.63) is 18.2 Å². The van der Waals surface area contributed by atoms with Crippen LogP contribution < -0.4 is 14.8 Å². The van der Waals surface area contributed by atoms with Crippen LogP contribution in [0.15, 0.2) is 18.2 Å². The smallest absolute Gasteiger partial charge is 0.238 e. The van der Waals surface area contributed by atoms with Gasteiger partial charge in [-0.25, -0.2) is 0 Å². The molecule has 1 saturated heterocycles. The normalized spacial score (nSPS) is 20.5. The average molecular weight is 306 g/mol. The van der Waals surface area contributed by atoms with E-state index in [2.05, 4.69) is 10.2 Å². The third-order valence-corrected chi connectivity index (χ3v) is 3.70. The van der Waals surface area contributed by atoms with Crippen LogP contribution in [-0.4, -0.2) is 55.9 Å². The fourth-order valence-corrected chi connectivity index (χ4v) is 2.77. The molecule has 3 rings (SSSR count). The highest BCUT2D eigenvalue weighted by atomic mass is 16.6. The maximum absolute atomic E-state index is 12.2. The minimum Gasteiger partial charge on any atom is -0.486 e. The van der Waals surface area contributed by atoms with Crippen LogP contribution >= 0.6 is 0 Å². The van der Waals surface area contributed by atoms with Crippen LogP contribution in [0.2, 0.25) is 0 Å². The predicted octanol–water partition coefficient (Wildman–Crippen LogP) is 1.51. The third kappa shape index (κ3) is 3.69. The first-order chi connectivity index (χ1) is 10.5. The summed E-state index contributed by atoms with van der Waals surface area (Å²) in [5.41, 5.74) is 0.525. The molecule has 0 aromatic heterocycles. The Morgan fingerprint density at radius 2 is 2.00 bits per heavy atom. The summed E-state index contributed by atoms with van der Waals surface area (Å²) in [7, 11) is 0. The Hall–Kier alpha value is -1.79. The third-order valence-electron chi connectivity index (χ3n) is 3.70. The molecule has 0 saturated carbocycles. The molecule has 1 fully saturated rings. The number of anilines is 1. The molecule has 6 nitrogen and oxygen atoms in total. The Morgan fingerprint density at radius 3 is 2.77 bits per heavy atom. The summed E-state index contributed by atoms with van der Waals surface area (Å²) >= 11 is 0. The molecule has 2 aliphatic rings. The molecule has 0 aliphatic carbocycles. The number of nitrogens with zero attached hydrogens (tertiary/aromatic N) is 1. The minimum atomic E-state index is -0.199. The number of nitrogens with one attached hydrogen (secondary N) is 1. The first-order valence-corrected chi connectivity index (χ1v) is 7.58. The van der Waals surface area contributed by atoms with Crippen LogP contribution in [0, 0.1) is 0 Å². The number of rotatable bonds is 3. The zero-order valence-electron chi connectivity index (χ0n) is 13.1. The van der Waals surface area contributed by atoms with E-state index in [-0.39, 0.29) is 11.5 Å². The van der Waals surface area contributed by atoms with E-state index in [1.807, 2.05) is 26.0 Å². The molecule has 22 heavy (non-hydrogen) atoms. The van der Waals surface area contributed by atoms with Crippen LogP contribution in [0.1, 0.15) is 13.8 Å². The molecule has 1 aromatic rings. The molecule has 2 heterocycles. The second kappa shape index (κ2) is 6.14. The second-order valence-corrected chi connectivity index (χ2v) is 6.23. The van der Waals surface area contributed by atoms with E-state index in [9.17, 15) is 4.79 Å². The van der Waals surface area contributed by atoms with E-state index in [1.54, 1.807) is 6.07 Å². The van der Waals surface area contributed by atoms with Crippen molar-refractivity contribution >= 4 is 11.6 Å². The zero-order valence-corrected chi connectivity index (χ0v) is 13.1. The van der Waals surface area contributed by atoms with E-state index < -0.39 is 0 Å². The second-order valence-electron chi connectivity index (χ2n) is 6.23. The summed E-state index contributed by atoms with van der Waals surface area (Å²) in [5, 5.41) is 2.91. The Kier molecular flexibility index (Phi) is 4.22. The Labute approximate surface area is 130 Å². The van der Waals surface area contributed by atoms with Gasteiger partial charge in [0.15, 0.2) is 11.5 Å². The molecule has 1 N–H and O–H groups in total. The first kappa shape index (κ1) is 15.1. The lowest BCUT2D eigenvalue weighted by molar-refractivity contribution is -0.122. The summed E-state index contributed by atoms with van der Waals surface area (Å²) in [4.78, 5) is 14.3. The number of hydrogen-bond donors (Lipinski definition) is 1. The van der Waals surface area contributed by atoms with Crippen LogP contribution in [0.3, 0.4) is 0 Å². The van der Waals surface area contributed by atoms with Gasteiger partial charge in [-0.3, -0.25) is 9.69 Å². The van der Waals surface area contributed by atoms with Crippen LogP contribution in [0.4, 0.5) is 5.69 Å². The molecule has 0 atom stereocenters. The average Bonchev–Trinajstić information content (AvgIpc) is 2.46. The number of carbonyl (C=O) groups is 1. The van der Waals surface area contributed by atoms with Crippen molar-refractivity contribution in [2.45, 2.75) is 19.4 Å². The van der Waals surface area contributed by atoms with Crippen molar-refractivity contribution in [1.29, 1.82) is 0 Å². The van der Waals surface area contributed by atoms with Crippen LogP contribution in [-0.2, 0) is 9.53 Å². The van der Waals surface area contributed by atoms with E-state index >= 15 is 0 Å². The maximum Gasteiger partial charge on any atom is 0.238 e. The SMILES string of the molecule is CC1(C)CN(CC(=O)Nc2ccc3c(c2)OCCO3)CCO1. The van der Waals surface area contributed by atoms with Crippen molar-refractivity contribution in [2.75, 3.05) is 44.8 Å². The fraction of sp³-hybridized carbons (Fsp3) is 0.562. The molecular formula is C16H22N2O4. The molecule has 1 aromatic carbocycles. The van der Waals surface area contributed by atoms with Gasteiger partial charge in [-0.05, 0) is 26.0 Å². The highest BCUT2D eigenvalue weighted by molar-refractivity contribution is 5.92. The predicted molar refractivity (Wildman–Crippen MR) is 82.5 cm³/mol. The molecule has 0 spiro atoms. The van der Waals surface area contributed by atoms with Gasteiger partial charge in [-0.1, -0.05) is 0 Å². The molecular weight excluding hydrogens is 284 g/mol. The first-order valence-electron chi connectivity index (χ1n) is 7.58. The standard InChI is InChI=1S/C16H22N2O4/c1-16(2)11-18(5-6-22-16)10-15(19)17-12-3-4-13-14(9-12)21-8-7-20-13/h3-4,9H,5-8,10-11H2,1-2H3,(H,17,19). The van der Waals surface area contributed by atoms with E-state index in [4.69, 9.17) is 14.2 Å². The number of fused-ring (bicyclic) bond motifs is 1. The number of hydrogen-bond acceptors (Lipinski definition) is 5. The van der Waals surface area contributed by atoms with E-state index in [0.29, 0.717) is 32.1 Å². The van der Waals surface area contributed by atoms with Gasteiger partial charge in [0.25, 0.3) is 0 Å². The highest BCUT2D eigenvalue weighted by Gasteiger charge is 2.28. The lowest BCUT2D eigenvalue weighted by atomic mass is 10.1.